The molecule has 2 amide bonds. The first-order valence-corrected chi connectivity index (χ1v) is 7.13. The van der Waals surface area contributed by atoms with Crippen molar-refractivity contribution in [1.82, 2.24) is 5.32 Å². The zero-order valence-electron chi connectivity index (χ0n) is 12.1. The SMILES string of the molecule is O=C(NCc1ccco1)C1CCN(c2ccc(F)c(F)c2)C1=O. The molecule has 120 valence electrons. The molecular weight excluding hydrogens is 306 g/mol. The van der Waals surface area contributed by atoms with Crippen LogP contribution in [-0.4, -0.2) is 18.4 Å². The number of amides is 2. The van der Waals surface area contributed by atoms with Gasteiger partial charge in [-0.1, -0.05) is 0 Å². The number of anilines is 1. The van der Waals surface area contributed by atoms with E-state index in [0.717, 1.165) is 12.1 Å². The first-order chi connectivity index (χ1) is 11.1. The third-order valence-corrected chi connectivity index (χ3v) is 3.75. The van der Waals surface area contributed by atoms with E-state index >= 15 is 0 Å². The second-order valence-electron chi connectivity index (χ2n) is 5.23. The van der Waals surface area contributed by atoms with Gasteiger partial charge in [-0.05, 0) is 30.7 Å². The maximum Gasteiger partial charge on any atom is 0.239 e. The number of carbonyl (C=O) groups excluding carboxylic acids is 2. The molecule has 1 aliphatic heterocycles. The number of nitrogens with zero attached hydrogens (tertiary/aromatic N) is 1. The fraction of sp³-hybridized carbons (Fsp3) is 0.250. The highest BCUT2D eigenvalue weighted by Gasteiger charge is 2.37. The van der Waals surface area contributed by atoms with Crippen LogP contribution in [0.25, 0.3) is 0 Å². The monoisotopic (exact) mass is 320 g/mol. The zero-order chi connectivity index (χ0) is 16.4. The van der Waals surface area contributed by atoms with Gasteiger partial charge in [0, 0.05) is 18.3 Å². The van der Waals surface area contributed by atoms with Crippen LogP contribution in [0.1, 0.15) is 12.2 Å². The van der Waals surface area contributed by atoms with Crippen LogP contribution in [0.5, 0.6) is 0 Å². The molecule has 2 aromatic rings. The van der Waals surface area contributed by atoms with E-state index in [2.05, 4.69) is 5.32 Å². The lowest BCUT2D eigenvalue weighted by molar-refractivity contribution is -0.132. The Labute approximate surface area is 130 Å². The maximum atomic E-state index is 13.3. The van der Waals surface area contributed by atoms with Gasteiger partial charge >= 0.3 is 0 Å². The van der Waals surface area contributed by atoms with Crippen LogP contribution in [0.2, 0.25) is 0 Å². The predicted octanol–water partition coefficient (Wildman–Crippen LogP) is 2.23. The van der Waals surface area contributed by atoms with Gasteiger partial charge in [-0.25, -0.2) is 8.78 Å². The first kappa shape index (κ1) is 15.2. The molecule has 1 atom stereocenters. The third-order valence-electron chi connectivity index (χ3n) is 3.75. The van der Waals surface area contributed by atoms with Gasteiger partial charge in [0.05, 0.1) is 12.8 Å². The number of halogens is 2. The molecule has 7 heteroatoms. The Kier molecular flexibility index (Phi) is 4.10. The highest BCUT2D eigenvalue weighted by molar-refractivity contribution is 6.09. The summed E-state index contributed by atoms with van der Waals surface area (Å²) in [6.07, 6.45) is 1.81. The van der Waals surface area contributed by atoms with Crippen LogP contribution in [0.4, 0.5) is 14.5 Å². The Morgan fingerprint density at radius 2 is 2.13 bits per heavy atom. The maximum absolute atomic E-state index is 13.3. The summed E-state index contributed by atoms with van der Waals surface area (Å²) in [7, 11) is 0. The van der Waals surface area contributed by atoms with Crippen molar-refractivity contribution in [2.24, 2.45) is 5.92 Å². The first-order valence-electron chi connectivity index (χ1n) is 7.13. The van der Waals surface area contributed by atoms with Crippen molar-refractivity contribution >= 4 is 17.5 Å². The van der Waals surface area contributed by atoms with E-state index in [1.807, 2.05) is 0 Å². The van der Waals surface area contributed by atoms with Crippen molar-refractivity contribution in [2.45, 2.75) is 13.0 Å². The van der Waals surface area contributed by atoms with E-state index in [1.165, 1.54) is 17.2 Å². The number of hydrogen-bond donors (Lipinski definition) is 1. The molecule has 1 aromatic heterocycles. The highest BCUT2D eigenvalue weighted by Crippen LogP contribution is 2.26. The summed E-state index contributed by atoms with van der Waals surface area (Å²) in [6, 6.07) is 6.65. The van der Waals surface area contributed by atoms with Crippen LogP contribution < -0.4 is 10.2 Å². The molecule has 23 heavy (non-hydrogen) atoms. The molecule has 0 bridgehead atoms. The van der Waals surface area contributed by atoms with Crippen molar-refractivity contribution < 1.29 is 22.8 Å². The Morgan fingerprint density at radius 1 is 1.30 bits per heavy atom. The van der Waals surface area contributed by atoms with Gasteiger partial charge in [-0.3, -0.25) is 9.59 Å². The molecule has 5 nitrogen and oxygen atoms in total. The van der Waals surface area contributed by atoms with Crippen LogP contribution >= 0.6 is 0 Å². The number of nitrogens with one attached hydrogen (secondary N) is 1. The van der Waals surface area contributed by atoms with E-state index in [4.69, 9.17) is 4.42 Å². The average molecular weight is 320 g/mol. The predicted molar refractivity (Wildman–Crippen MR) is 77.4 cm³/mol. The number of furan rings is 1. The topological polar surface area (TPSA) is 62.6 Å². The number of carbonyl (C=O) groups is 2. The van der Waals surface area contributed by atoms with E-state index in [-0.39, 0.29) is 18.8 Å². The molecular formula is C16H14F2N2O3. The molecule has 1 unspecified atom stereocenters. The second-order valence-corrected chi connectivity index (χ2v) is 5.23. The highest BCUT2D eigenvalue weighted by atomic mass is 19.2. The summed E-state index contributed by atoms with van der Waals surface area (Å²) >= 11 is 0. The molecule has 3 rings (SSSR count). The molecule has 0 spiro atoms. The molecule has 1 saturated heterocycles. The molecule has 0 aliphatic carbocycles. The Morgan fingerprint density at radius 3 is 2.83 bits per heavy atom. The second kappa shape index (κ2) is 6.20. The summed E-state index contributed by atoms with van der Waals surface area (Å²) in [5.74, 6) is -3.09. The van der Waals surface area contributed by atoms with Crippen LogP contribution in [0.15, 0.2) is 41.0 Å². The molecule has 1 N–H and O–H groups in total. The lowest BCUT2D eigenvalue weighted by Gasteiger charge is -2.17. The van der Waals surface area contributed by atoms with Gasteiger partial charge in [0.2, 0.25) is 11.8 Å². The summed E-state index contributed by atoms with van der Waals surface area (Å²) in [5, 5.41) is 2.64. The van der Waals surface area contributed by atoms with Crippen molar-refractivity contribution in [2.75, 3.05) is 11.4 Å². The van der Waals surface area contributed by atoms with E-state index in [1.54, 1.807) is 12.1 Å². The standard InChI is InChI=1S/C16H14F2N2O3/c17-13-4-3-10(8-14(13)18)20-6-5-12(16(20)22)15(21)19-9-11-2-1-7-23-11/h1-4,7-8,12H,5-6,9H2,(H,19,21). The minimum absolute atomic E-state index is 0.195. The van der Waals surface area contributed by atoms with Crippen LogP contribution in [0, 0.1) is 17.6 Å². The van der Waals surface area contributed by atoms with Gasteiger partial charge < -0.3 is 14.6 Å². The smallest absolute Gasteiger partial charge is 0.239 e. The molecule has 1 fully saturated rings. The van der Waals surface area contributed by atoms with Gasteiger partial charge in [0.15, 0.2) is 11.6 Å². The van der Waals surface area contributed by atoms with Crippen LogP contribution in [-0.2, 0) is 16.1 Å². The van der Waals surface area contributed by atoms with Crippen molar-refractivity contribution in [1.29, 1.82) is 0 Å². The largest absolute Gasteiger partial charge is 0.467 e. The Bertz CT molecular complexity index is 731. The fourth-order valence-corrected chi connectivity index (χ4v) is 2.54. The van der Waals surface area contributed by atoms with Crippen molar-refractivity contribution in [3.63, 3.8) is 0 Å². The Balaban J connectivity index is 1.66. The van der Waals surface area contributed by atoms with Gasteiger partial charge in [-0.2, -0.15) is 0 Å². The Hall–Kier alpha value is -2.70. The normalized spacial score (nSPS) is 17.6. The van der Waals surface area contributed by atoms with Gasteiger partial charge in [0.25, 0.3) is 0 Å². The quantitative estimate of drug-likeness (QED) is 0.879. The summed E-state index contributed by atoms with van der Waals surface area (Å²) in [6.45, 7) is 0.476. The van der Waals surface area contributed by atoms with E-state index in [9.17, 15) is 18.4 Å². The summed E-state index contributed by atoms with van der Waals surface area (Å²) in [5.41, 5.74) is 0.246. The van der Waals surface area contributed by atoms with Gasteiger partial charge in [0.1, 0.15) is 11.7 Å². The van der Waals surface area contributed by atoms with E-state index < -0.39 is 29.4 Å². The summed E-state index contributed by atoms with van der Waals surface area (Å²) < 4.78 is 31.4. The molecule has 1 aromatic carbocycles. The molecule has 1 aliphatic rings. The number of hydrogen-bond acceptors (Lipinski definition) is 3. The van der Waals surface area contributed by atoms with Crippen molar-refractivity contribution in [3.05, 3.63) is 54.0 Å². The number of rotatable bonds is 4. The van der Waals surface area contributed by atoms with Gasteiger partial charge in [-0.15, -0.1) is 0 Å². The average Bonchev–Trinajstić information content (AvgIpc) is 3.17. The molecule has 2 heterocycles. The zero-order valence-corrected chi connectivity index (χ0v) is 12.1. The van der Waals surface area contributed by atoms with E-state index in [0.29, 0.717) is 12.2 Å². The lowest BCUT2D eigenvalue weighted by atomic mass is 10.1. The summed E-state index contributed by atoms with van der Waals surface area (Å²) in [4.78, 5) is 25.7. The van der Waals surface area contributed by atoms with Crippen LogP contribution in [0.3, 0.4) is 0 Å². The minimum atomic E-state index is -1.03. The van der Waals surface area contributed by atoms with Crippen molar-refractivity contribution in [3.8, 4) is 0 Å². The molecule has 0 radical (unpaired) electrons. The lowest BCUT2D eigenvalue weighted by Crippen LogP contribution is -2.36. The minimum Gasteiger partial charge on any atom is -0.467 e. The number of benzene rings is 1. The fourth-order valence-electron chi connectivity index (χ4n) is 2.54. The third kappa shape index (κ3) is 3.08. The molecule has 0 saturated carbocycles.